The molecule has 1 amide bonds. The molecule has 1 aliphatic rings. The molecule has 150 valence electrons. The first-order chi connectivity index (χ1) is 13.4. The van der Waals surface area contributed by atoms with E-state index in [1.165, 1.54) is 8.61 Å². The highest BCUT2D eigenvalue weighted by molar-refractivity contribution is 7.86. The summed E-state index contributed by atoms with van der Waals surface area (Å²) in [6.45, 7) is 4.96. The van der Waals surface area contributed by atoms with Crippen molar-refractivity contribution in [3.63, 3.8) is 0 Å². The van der Waals surface area contributed by atoms with E-state index in [-0.39, 0.29) is 12.5 Å². The number of rotatable bonds is 6. The molecule has 0 radical (unpaired) electrons. The minimum Gasteiger partial charge on any atom is -0.325 e. The van der Waals surface area contributed by atoms with Crippen molar-refractivity contribution in [2.45, 2.75) is 33.2 Å². The molecular formula is C21H27N3O3S. The van der Waals surface area contributed by atoms with Gasteiger partial charge < -0.3 is 5.32 Å². The van der Waals surface area contributed by atoms with Gasteiger partial charge in [-0.15, -0.1) is 0 Å². The Labute approximate surface area is 167 Å². The lowest BCUT2D eigenvalue weighted by Gasteiger charge is -2.34. The smallest absolute Gasteiger partial charge is 0.282 e. The van der Waals surface area contributed by atoms with Crippen molar-refractivity contribution >= 4 is 21.8 Å². The van der Waals surface area contributed by atoms with Crippen LogP contribution in [0.15, 0.2) is 48.5 Å². The van der Waals surface area contributed by atoms with Gasteiger partial charge in [0.25, 0.3) is 10.2 Å². The van der Waals surface area contributed by atoms with Gasteiger partial charge in [-0.3, -0.25) is 4.79 Å². The van der Waals surface area contributed by atoms with Crippen molar-refractivity contribution in [1.82, 2.24) is 8.61 Å². The molecule has 0 aliphatic carbocycles. The van der Waals surface area contributed by atoms with Crippen LogP contribution in [-0.2, 0) is 28.0 Å². The van der Waals surface area contributed by atoms with E-state index >= 15 is 0 Å². The summed E-state index contributed by atoms with van der Waals surface area (Å²) >= 11 is 0. The minimum absolute atomic E-state index is 0.176. The predicted octanol–water partition coefficient (Wildman–Crippen LogP) is 2.95. The van der Waals surface area contributed by atoms with E-state index in [1.807, 2.05) is 62.4 Å². The maximum atomic E-state index is 13.0. The lowest BCUT2D eigenvalue weighted by atomic mass is 10.1. The van der Waals surface area contributed by atoms with E-state index < -0.39 is 10.2 Å². The van der Waals surface area contributed by atoms with Crippen LogP contribution in [0.5, 0.6) is 0 Å². The number of nitrogens with zero attached hydrogens (tertiary/aromatic N) is 2. The van der Waals surface area contributed by atoms with Crippen molar-refractivity contribution in [3.05, 3.63) is 65.2 Å². The molecule has 0 atom stereocenters. The first kappa shape index (κ1) is 20.5. The quantitative estimate of drug-likeness (QED) is 0.809. The van der Waals surface area contributed by atoms with E-state index in [0.29, 0.717) is 26.1 Å². The van der Waals surface area contributed by atoms with Gasteiger partial charge in [0.1, 0.15) is 0 Å². The van der Waals surface area contributed by atoms with Gasteiger partial charge in [-0.25, -0.2) is 0 Å². The van der Waals surface area contributed by atoms with E-state index in [1.54, 1.807) is 0 Å². The molecule has 0 spiro atoms. The second kappa shape index (κ2) is 8.86. The number of amides is 1. The third kappa shape index (κ3) is 4.60. The van der Waals surface area contributed by atoms with E-state index in [4.69, 9.17) is 0 Å². The topological polar surface area (TPSA) is 69.7 Å². The number of hydrogen-bond acceptors (Lipinski definition) is 3. The summed E-state index contributed by atoms with van der Waals surface area (Å²) in [6, 6.07) is 15.3. The number of aryl methyl sites for hydroxylation is 2. The van der Waals surface area contributed by atoms with Gasteiger partial charge in [0, 0.05) is 25.3 Å². The molecule has 6 nitrogen and oxygen atoms in total. The largest absolute Gasteiger partial charge is 0.325 e. The fourth-order valence-electron chi connectivity index (χ4n) is 3.42. The van der Waals surface area contributed by atoms with Crippen molar-refractivity contribution in [2.75, 3.05) is 25.0 Å². The van der Waals surface area contributed by atoms with Gasteiger partial charge in [-0.1, -0.05) is 49.4 Å². The first-order valence-electron chi connectivity index (χ1n) is 9.59. The van der Waals surface area contributed by atoms with Crippen molar-refractivity contribution in [1.29, 1.82) is 0 Å². The molecular weight excluding hydrogens is 374 g/mol. The summed E-state index contributed by atoms with van der Waals surface area (Å²) in [7, 11) is -3.68. The van der Waals surface area contributed by atoms with Crippen LogP contribution in [0.25, 0.3) is 0 Å². The van der Waals surface area contributed by atoms with E-state index in [2.05, 4.69) is 5.32 Å². The molecule has 0 unspecified atom stereocenters. The van der Waals surface area contributed by atoms with E-state index in [9.17, 15) is 13.2 Å². The second-order valence-electron chi connectivity index (χ2n) is 7.01. The number of nitrogens with one attached hydrogen (secondary N) is 1. The number of anilines is 1. The van der Waals surface area contributed by atoms with Crippen LogP contribution in [0.2, 0.25) is 0 Å². The molecule has 1 N–H and O–H groups in total. The Bertz CT molecular complexity index is 943. The maximum absolute atomic E-state index is 13.0. The number of benzene rings is 2. The Balaban J connectivity index is 1.70. The Morgan fingerprint density at radius 1 is 1.00 bits per heavy atom. The van der Waals surface area contributed by atoms with Gasteiger partial charge in [-0.05, 0) is 42.5 Å². The number of hydrogen-bond donors (Lipinski definition) is 1. The number of carbonyl (C=O) groups excluding carboxylic acids is 1. The molecule has 1 saturated heterocycles. The van der Waals surface area contributed by atoms with Crippen LogP contribution < -0.4 is 5.32 Å². The minimum atomic E-state index is -3.68. The molecule has 1 aliphatic heterocycles. The van der Waals surface area contributed by atoms with Crippen LogP contribution in [0.1, 0.15) is 30.0 Å². The highest BCUT2D eigenvalue weighted by Crippen LogP contribution is 2.21. The zero-order valence-corrected chi connectivity index (χ0v) is 17.2. The van der Waals surface area contributed by atoms with Gasteiger partial charge in [0.15, 0.2) is 0 Å². The summed E-state index contributed by atoms with van der Waals surface area (Å²) in [4.78, 5) is 12.5. The lowest BCUT2D eigenvalue weighted by Crippen LogP contribution is -2.51. The van der Waals surface area contributed by atoms with Crippen LogP contribution in [0, 0.1) is 6.92 Å². The fraction of sp³-hybridized carbons (Fsp3) is 0.381. The normalized spacial score (nSPS) is 17.4. The van der Waals surface area contributed by atoms with Crippen molar-refractivity contribution in [2.24, 2.45) is 0 Å². The molecule has 28 heavy (non-hydrogen) atoms. The molecule has 3 rings (SSSR count). The zero-order chi connectivity index (χ0) is 20.1. The standard InChI is InChI=1S/C21H27N3O3S/c1-3-18-10-6-7-12-20(18)22-21(25)16-24-14-8-13-23(28(24,26)27)15-19-11-5-4-9-17(19)2/h4-7,9-12H,3,8,13-16H2,1-2H3,(H,22,25). The maximum Gasteiger partial charge on any atom is 0.282 e. The molecule has 2 aromatic carbocycles. The van der Waals surface area contributed by atoms with Crippen LogP contribution >= 0.6 is 0 Å². The lowest BCUT2D eigenvalue weighted by molar-refractivity contribution is -0.116. The Kier molecular flexibility index (Phi) is 6.49. The summed E-state index contributed by atoms with van der Waals surface area (Å²) in [5.41, 5.74) is 3.80. The Hall–Kier alpha value is -2.22. The predicted molar refractivity (Wildman–Crippen MR) is 111 cm³/mol. The molecule has 1 fully saturated rings. The van der Waals surface area contributed by atoms with Crippen molar-refractivity contribution in [3.8, 4) is 0 Å². The second-order valence-corrected chi connectivity index (χ2v) is 8.94. The molecule has 0 saturated carbocycles. The van der Waals surface area contributed by atoms with Crippen LogP contribution in [-0.4, -0.2) is 42.6 Å². The molecule has 1 heterocycles. The Morgan fingerprint density at radius 3 is 2.36 bits per heavy atom. The average Bonchev–Trinajstić information content (AvgIpc) is 2.67. The van der Waals surface area contributed by atoms with Gasteiger partial charge in [0.2, 0.25) is 5.91 Å². The summed E-state index contributed by atoms with van der Waals surface area (Å²) in [5, 5.41) is 2.86. The zero-order valence-electron chi connectivity index (χ0n) is 16.4. The highest BCUT2D eigenvalue weighted by atomic mass is 32.2. The average molecular weight is 402 g/mol. The van der Waals surface area contributed by atoms with Gasteiger partial charge >= 0.3 is 0 Å². The van der Waals surface area contributed by atoms with Gasteiger partial charge in [0.05, 0.1) is 6.54 Å². The molecule has 7 heteroatoms. The summed E-state index contributed by atoms with van der Waals surface area (Å²) in [6.07, 6.45) is 1.49. The molecule has 0 aromatic heterocycles. The molecule has 0 bridgehead atoms. The number of para-hydroxylation sites is 1. The SMILES string of the molecule is CCc1ccccc1NC(=O)CN1CCCN(Cc2ccccc2C)S1(=O)=O. The van der Waals surface area contributed by atoms with Gasteiger partial charge in [-0.2, -0.15) is 17.0 Å². The fourth-order valence-corrected chi connectivity index (χ4v) is 5.05. The third-order valence-corrected chi connectivity index (χ3v) is 7.00. The molecule has 2 aromatic rings. The van der Waals surface area contributed by atoms with Crippen LogP contribution in [0.3, 0.4) is 0 Å². The summed E-state index contributed by atoms with van der Waals surface area (Å²) < 4.78 is 28.8. The first-order valence-corrected chi connectivity index (χ1v) is 11.0. The van der Waals surface area contributed by atoms with Crippen LogP contribution in [0.4, 0.5) is 5.69 Å². The highest BCUT2D eigenvalue weighted by Gasteiger charge is 2.34. The van der Waals surface area contributed by atoms with Crippen molar-refractivity contribution < 1.29 is 13.2 Å². The monoisotopic (exact) mass is 401 g/mol. The van der Waals surface area contributed by atoms with E-state index in [0.717, 1.165) is 28.8 Å². The third-order valence-electron chi connectivity index (χ3n) is 5.07. The summed E-state index contributed by atoms with van der Waals surface area (Å²) in [5.74, 6) is -0.317. The number of carbonyl (C=O) groups is 1. The Morgan fingerprint density at radius 2 is 1.64 bits per heavy atom.